The van der Waals surface area contributed by atoms with Crippen LogP contribution >= 0.6 is 0 Å². The van der Waals surface area contributed by atoms with Crippen molar-refractivity contribution in [1.82, 2.24) is 19.5 Å². The first-order valence-electron chi connectivity index (χ1n) is 10.6. The van der Waals surface area contributed by atoms with Crippen LogP contribution in [-0.4, -0.2) is 49.4 Å². The number of piperazine rings is 1. The predicted molar refractivity (Wildman–Crippen MR) is 123 cm³/mol. The van der Waals surface area contributed by atoms with Gasteiger partial charge in [0.1, 0.15) is 17.4 Å². The highest BCUT2D eigenvalue weighted by Gasteiger charge is 2.47. The van der Waals surface area contributed by atoms with Crippen LogP contribution in [0.25, 0.3) is 21.6 Å². The van der Waals surface area contributed by atoms with Gasteiger partial charge in [0.25, 0.3) is 5.91 Å². The average molecular weight is 485 g/mol. The van der Waals surface area contributed by atoms with Crippen molar-refractivity contribution in [3.63, 3.8) is 0 Å². The van der Waals surface area contributed by atoms with Crippen molar-refractivity contribution in [1.29, 1.82) is 0 Å². The number of nitrogen functional groups attached to an aromatic ring is 1. The highest BCUT2D eigenvalue weighted by molar-refractivity contribution is 6.06. The highest BCUT2D eigenvalue weighted by Crippen LogP contribution is 2.42. The predicted octanol–water partition coefficient (Wildman–Crippen LogP) is 3.91. The number of halogens is 3. The smallest absolute Gasteiger partial charge is 0.382 e. The van der Waals surface area contributed by atoms with E-state index in [0.29, 0.717) is 5.56 Å². The Kier molecular flexibility index (Phi) is 5.47. The third-order valence-corrected chi connectivity index (χ3v) is 6.22. The number of nitrogens with zero attached hydrogens (tertiary/aromatic N) is 6. The van der Waals surface area contributed by atoms with E-state index in [1.165, 1.54) is 34.9 Å². The average Bonchev–Trinajstić information content (AvgIpc) is 3.18. The fourth-order valence-electron chi connectivity index (χ4n) is 4.51. The first-order valence-corrected chi connectivity index (χ1v) is 10.6. The molecular formula is C23H22F3N7O2. The molecule has 2 aromatic heterocycles. The standard InChI is InChI=1S/C23H22F3N7O2/c1-12-10-31(13(2)34)22(3,4)21(35)32(12)18-8-14(6-7-16(18)28-5)17-9-15(23(24,25)26)19-20(27)29-11-30-33(17)19/h6-9,11-12H,10H2,1-4H3,(H2,27,29,30)/t12-/m0/s1. The van der Waals surface area contributed by atoms with E-state index >= 15 is 0 Å². The summed E-state index contributed by atoms with van der Waals surface area (Å²) >= 11 is 0. The SMILES string of the molecule is [C-]#[N+]c1ccc(-c2cc(C(F)(F)F)c3c(N)ncnn23)cc1N1C(=O)C(C)(C)N(C(C)=O)C[C@@H]1C. The molecule has 0 aliphatic carbocycles. The van der Waals surface area contributed by atoms with Crippen molar-refractivity contribution in [2.24, 2.45) is 0 Å². The number of anilines is 2. The second-order valence-corrected chi connectivity index (χ2v) is 8.87. The Bertz CT molecular complexity index is 1400. The molecule has 0 unspecified atom stereocenters. The van der Waals surface area contributed by atoms with E-state index in [0.717, 1.165) is 16.9 Å². The summed E-state index contributed by atoms with van der Waals surface area (Å²) in [6.45, 7) is 14.2. The highest BCUT2D eigenvalue weighted by atomic mass is 19.4. The van der Waals surface area contributed by atoms with Crippen molar-refractivity contribution in [2.75, 3.05) is 17.2 Å². The minimum absolute atomic E-state index is 0.0703. The Balaban J connectivity index is 1.92. The van der Waals surface area contributed by atoms with E-state index in [-0.39, 0.29) is 40.9 Å². The molecule has 0 saturated carbocycles. The fraction of sp³-hybridized carbons (Fsp3) is 0.348. The first-order chi connectivity index (χ1) is 16.3. The molecular weight excluding hydrogens is 463 g/mol. The second-order valence-electron chi connectivity index (χ2n) is 8.87. The molecule has 1 saturated heterocycles. The molecule has 0 radical (unpaired) electrons. The fourth-order valence-corrected chi connectivity index (χ4v) is 4.51. The summed E-state index contributed by atoms with van der Waals surface area (Å²) in [6, 6.07) is 4.85. The topological polar surface area (TPSA) is 101 Å². The summed E-state index contributed by atoms with van der Waals surface area (Å²) in [7, 11) is 0. The molecule has 1 atom stereocenters. The zero-order chi connectivity index (χ0) is 25.9. The van der Waals surface area contributed by atoms with Crippen LogP contribution < -0.4 is 10.6 Å². The minimum Gasteiger partial charge on any atom is -0.382 e. The minimum atomic E-state index is -4.71. The monoisotopic (exact) mass is 485 g/mol. The van der Waals surface area contributed by atoms with Gasteiger partial charge in [-0.05, 0) is 38.5 Å². The van der Waals surface area contributed by atoms with Crippen LogP contribution in [-0.2, 0) is 15.8 Å². The number of carbonyl (C=O) groups excluding carboxylic acids is 2. The number of amides is 2. The summed E-state index contributed by atoms with van der Waals surface area (Å²) in [4.78, 5) is 35.8. The van der Waals surface area contributed by atoms with Crippen molar-refractivity contribution in [3.8, 4) is 11.3 Å². The molecule has 182 valence electrons. The third kappa shape index (κ3) is 3.73. The van der Waals surface area contributed by atoms with Gasteiger partial charge in [-0.1, -0.05) is 12.1 Å². The van der Waals surface area contributed by atoms with E-state index in [1.54, 1.807) is 20.8 Å². The number of nitrogens with two attached hydrogens (primary N) is 1. The number of benzene rings is 1. The van der Waals surface area contributed by atoms with E-state index in [1.807, 2.05) is 0 Å². The zero-order valence-electron chi connectivity index (χ0n) is 19.4. The number of fused-ring (bicyclic) bond motifs is 1. The maximum Gasteiger partial charge on any atom is 0.418 e. The van der Waals surface area contributed by atoms with Crippen molar-refractivity contribution >= 4 is 34.5 Å². The van der Waals surface area contributed by atoms with Gasteiger partial charge < -0.3 is 15.5 Å². The van der Waals surface area contributed by atoms with Gasteiger partial charge >= 0.3 is 6.18 Å². The molecule has 2 amide bonds. The van der Waals surface area contributed by atoms with Crippen LogP contribution in [0, 0.1) is 6.57 Å². The normalized spacial score (nSPS) is 18.1. The van der Waals surface area contributed by atoms with Crippen LogP contribution in [0.1, 0.15) is 33.3 Å². The van der Waals surface area contributed by atoms with Gasteiger partial charge in [-0.25, -0.2) is 14.3 Å². The molecule has 1 fully saturated rings. The maximum atomic E-state index is 13.8. The molecule has 35 heavy (non-hydrogen) atoms. The Morgan fingerprint density at radius 2 is 1.97 bits per heavy atom. The largest absolute Gasteiger partial charge is 0.418 e. The molecule has 0 spiro atoms. The molecule has 0 bridgehead atoms. The number of rotatable bonds is 2. The lowest BCUT2D eigenvalue weighted by molar-refractivity contribution is -0.146. The van der Waals surface area contributed by atoms with E-state index in [2.05, 4.69) is 14.9 Å². The molecule has 1 aliphatic rings. The van der Waals surface area contributed by atoms with Gasteiger partial charge in [-0.15, -0.1) is 0 Å². The van der Waals surface area contributed by atoms with Gasteiger partial charge in [-0.3, -0.25) is 9.59 Å². The van der Waals surface area contributed by atoms with Crippen LogP contribution in [0.3, 0.4) is 0 Å². The lowest BCUT2D eigenvalue weighted by Crippen LogP contribution is -2.67. The Morgan fingerprint density at radius 1 is 1.29 bits per heavy atom. The maximum absolute atomic E-state index is 13.8. The van der Waals surface area contributed by atoms with Crippen molar-refractivity contribution in [2.45, 2.75) is 45.5 Å². The third-order valence-electron chi connectivity index (χ3n) is 6.22. The summed E-state index contributed by atoms with van der Waals surface area (Å²) in [6.07, 6.45) is -3.66. The van der Waals surface area contributed by atoms with E-state index in [4.69, 9.17) is 12.3 Å². The number of hydrogen-bond donors (Lipinski definition) is 1. The van der Waals surface area contributed by atoms with Crippen molar-refractivity contribution in [3.05, 3.63) is 47.6 Å². The van der Waals surface area contributed by atoms with E-state index < -0.39 is 29.2 Å². The van der Waals surface area contributed by atoms with Gasteiger partial charge in [0.05, 0.1) is 29.6 Å². The molecule has 4 rings (SSSR count). The molecule has 2 N–H and O–H groups in total. The first kappa shape index (κ1) is 24.0. The number of aromatic nitrogens is 3. The van der Waals surface area contributed by atoms with Crippen LogP contribution in [0.15, 0.2) is 30.6 Å². The molecule has 3 heterocycles. The van der Waals surface area contributed by atoms with E-state index in [9.17, 15) is 22.8 Å². The number of carbonyl (C=O) groups is 2. The van der Waals surface area contributed by atoms with Gasteiger partial charge in [0.2, 0.25) is 11.6 Å². The summed E-state index contributed by atoms with van der Waals surface area (Å²) in [5.41, 5.74) is 3.93. The lowest BCUT2D eigenvalue weighted by atomic mass is 9.93. The molecule has 3 aromatic rings. The summed E-state index contributed by atoms with van der Waals surface area (Å²) < 4.78 is 42.3. The lowest BCUT2D eigenvalue weighted by Gasteiger charge is -2.49. The Morgan fingerprint density at radius 3 is 2.57 bits per heavy atom. The quantitative estimate of drug-likeness (QED) is 0.555. The number of alkyl halides is 3. The Hall–Kier alpha value is -4.14. The summed E-state index contributed by atoms with van der Waals surface area (Å²) in [5, 5.41) is 3.96. The van der Waals surface area contributed by atoms with Crippen molar-refractivity contribution < 1.29 is 22.8 Å². The molecule has 1 aromatic carbocycles. The number of hydrogen-bond acceptors (Lipinski definition) is 5. The van der Waals surface area contributed by atoms with Gasteiger partial charge in [0.15, 0.2) is 5.82 Å². The van der Waals surface area contributed by atoms with Crippen LogP contribution in [0.5, 0.6) is 0 Å². The second kappa shape index (κ2) is 7.97. The van der Waals surface area contributed by atoms with Gasteiger partial charge in [-0.2, -0.15) is 18.3 Å². The molecule has 1 aliphatic heterocycles. The zero-order valence-corrected chi connectivity index (χ0v) is 19.4. The molecule has 9 nitrogen and oxygen atoms in total. The van der Waals surface area contributed by atoms with Crippen LogP contribution in [0.4, 0.5) is 30.4 Å². The van der Waals surface area contributed by atoms with Crippen LogP contribution in [0.2, 0.25) is 0 Å². The molecule has 12 heteroatoms. The summed E-state index contributed by atoms with van der Waals surface area (Å²) in [5.74, 6) is -0.996. The van der Waals surface area contributed by atoms with Gasteiger partial charge in [0, 0.05) is 13.5 Å². The Labute approximate surface area is 198 Å².